The molecule has 2 aliphatic heterocycles. The van der Waals surface area contributed by atoms with Gasteiger partial charge in [-0.1, -0.05) is 0 Å². The molecule has 3 aromatic rings. The highest BCUT2D eigenvalue weighted by molar-refractivity contribution is 7.89. The molecule has 2 aromatic carbocycles. The molecule has 49 heavy (non-hydrogen) atoms. The molecule has 3 heterocycles. The Morgan fingerprint density at radius 2 is 1.69 bits per heavy atom. The Morgan fingerprint density at radius 1 is 0.980 bits per heavy atom. The summed E-state index contributed by atoms with van der Waals surface area (Å²) in [5, 5.41) is 10.5. The third kappa shape index (κ3) is 8.36. The molecule has 266 valence electrons. The molecule has 0 spiro atoms. The first kappa shape index (κ1) is 36.1. The van der Waals surface area contributed by atoms with Gasteiger partial charge in [-0.25, -0.2) is 22.0 Å². The second-order valence-corrected chi connectivity index (χ2v) is 13.9. The summed E-state index contributed by atoms with van der Waals surface area (Å²) in [4.78, 5) is 30.9. The van der Waals surface area contributed by atoms with Crippen molar-refractivity contribution in [2.75, 3.05) is 89.3 Å². The van der Waals surface area contributed by atoms with E-state index in [9.17, 15) is 26.8 Å². The van der Waals surface area contributed by atoms with Gasteiger partial charge in [-0.2, -0.15) is 8.99 Å². The number of ether oxygens (including phenoxy) is 3. The van der Waals surface area contributed by atoms with E-state index < -0.39 is 38.6 Å². The van der Waals surface area contributed by atoms with Crippen LogP contribution in [0.25, 0.3) is 0 Å². The van der Waals surface area contributed by atoms with E-state index in [4.69, 9.17) is 14.2 Å². The van der Waals surface area contributed by atoms with Crippen molar-refractivity contribution in [3.63, 3.8) is 0 Å². The predicted octanol–water partition coefficient (Wildman–Crippen LogP) is 2.99. The van der Waals surface area contributed by atoms with Crippen LogP contribution in [0.1, 0.15) is 28.5 Å². The molecule has 2 N–H and O–H groups in total. The zero-order valence-corrected chi connectivity index (χ0v) is 28.7. The topological polar surface area (TPSA) is 148 Å². The zero-order chi connectivity index (χ0) is 35.3. The van der Waals surface area contributed by atoms with Crippen molar-refractivity contribution in [2.45, 2.75) is 30.8 Å². The molecule has 1 amide bonds. The van der Waals surface area contributed by atoms with Gasteiger partial charge in [0.15, 0.2) is 5.82 Å². The number of hydrogen-bond acceptors (Lipinski definition) is 11. The second-order valence-electron chi connectivity index (χ2n) is 12.0. The summed E-state index contributed by atoms with van der Waals surface area (Å²) >= 11 is 0. The van der Waals surface area contributed by atoms with Crippen LogP contribution in [0.5, 0.6) is 0 Å². The number of carbonyl (C=O) groups is 2. The zero-order valence-electron chi connectivity index (χ0n) is 27.9. The van der Waals surface area contributed by atoms with E-state index in [0.717, 1.165) is 53.0 Å². The Balaban J connectivity index is 1.48. The molecule has 1 fully saturated rings. The van der Waals surface area contributed by atoms with Crippen LogP contribution < -0.4 is 15.5 Å². The van der Waals surface area contributed by atoms with Crippen molar-refractivity contribution in [3.8, 4) is 0 Å². The highest BCUT2D eigenvalue weighted by Gasteiger charge is 2.35. The number of nitrogens with one attached hydrogen (secondary N) is 2. The van der Waals surface area contributed by atoms with Crippen molar-refractivity contribution < 1.29 is 41.0 Å². The number of benzene rings is 2. The number of piperazine rings is 1. The van der Waals surface area contributed by atoms with Gasteiger partial charge in [-0.15, -0.1) is 5.10 Å². The third-order valence-corrected chi connectivity index (χ3v) is 10.2. The number of aromatic nitrogens is 2. The van der Waals surface area contributed by atoms with Gasteiger partial charge >= 0.3 is 6.09 Å². The Morgan fingerprint density at radius 3 is 2.37 bits per heavy atom. The number of halogens is 2. The lowest BCUT2D eigenvalue weighted by molar-refractivity contribution is 0.0967. The molecule has 0 unspecified atom stereocenters. The fourth-order valence-electron chi connectivity index (χ4n) is 5.79. The number of sulfonamides is 1. The minimum absolute atomic E-state index is 0.00430. The van der Waals surface area contributed by atoms with Gasteiger partial charge in [0, 0.05) is 89.0 Å². The van der Waals surface area contributed by atoms with Crippen LogP contribution in [0, 0.1) is 11.6 Å². The summed E-state index contributed by atoms with van der Waals surface area (Å²) in [6.07, 6.45) is -0.847. The van der Waals surface area contributed by atoms with E-state index in [2.05, 4.69) is 32.6 Å². The van der Waals surface area contributed by atoms with E-state index in [1.165, 1.54) is 7.11 Å². The second kappa shape index (κ2) is 15.6. The van der Waals surface area contributed by atoms with Crippen LogP contribution in [-0.4, -0.2) is 119 Å². The summed E-state index contributed by atoms with van der Waals surface area (Å²) in [5.74, 6) is -2.71. The number of likely N-dealkylation sites (N-methyl/N-ethyl adjacent to an activating group) is 1. The maximum atomic E-state index is 14.0. The normalized spacial score (nSPS) is 16.2. The van der Waals surface area contributed by atoms with E-state index in [0.29, 0.717) is 24.1 Å². The molecular weight excluding hydrogens is 664 g/mol. The molecule has 1 aromatic heterocycles. The first-order chi connectivity index (χ1) is 23.4. The molecule has 0 radical (unpaired) electrons. The van der Waals surface area contributed by atoms with Crippen molar-refractivity contribution in [1.29, 1.82) is 0 Å². The molecule has 1 saturated heterocycles. The van der Waals surface area contributed by atoms with Crippen LogP contribution in [0.2, 0.25) is 0 Å². The van der Waals surface area contributed by atoms with E-state index in [-0.39, 0.29) is 55.7 Å². The lowest BCUT2D eigenvalue weighted by Gasteiger charge is -2.34. The average molecular weight is 706 g/mol. The first-order valence-electron chi connectivity index (χ1n) is 15.8. The van der Waals surface area contributed by atoms with Gasteiger partial charge in [-0.05, 0) is 44.3 Å². The van der Waals surface area contributed by atoms with Crippen molar-refractivity contribution in [2.24, 2.45) is 0 Å². The van der Waals surface area contributed by atoms with E-state index >= 15 is 0 Å². The highest BCUT2D eigenvalue weighted by Crippen LogP contribution is 2.32. The van der Waals surface area contributed by atoms with Crippen LogP contribution in [0.3, 0.4) is 0 Å². The number of amides is 1. The van der Waals surface area contributed by atoms with Crippen LogP contribution in [0.4, 0.5) is 30.8 Å². The number of fused-ring (bicyclic) bond motifs is 1. The summed E-state index contributed by atoms with van der Waals surface area (Å²) in [5.41, 5.74) is 2.32. The largest absolute Gasteiger partial charge is 0.445 e. The average Bonchev–Trinajstić information content (AvgIpc) is 3.42. The number of methoxy groups -OCH3 is 2. The standard InChI is InChI=1S/C32H41F2N7O7S/c1-21(20-47-4)35-28-18-24(39-11-9-38(2)10-12-39)5-6-26(28)31(42)36-30-27-19-40(49(44,45)25-16-22(33)15-23(34)17-25)8-7-29(27)41(37-30)32(43)48-14-13-46-3/h5-6,15-18,21,35H,7-14,19-20H2,1-4H3,(H,36,37,42)/t21-/m0/s1. The highest BCUT2D eigenvalue weighted by atomic mass is 32.2. The molecular formula is C32H41F2N7O7S. The number of rotatable bonds is 12. The van der Waals surface area contributed by atoms with Crippen molar-refractivity contribution in [3.05, 3.63) is 64.9 Å². The van der Waals surface area contributed by atoms with Gasteiger partial charge < -0.3 is 34.6 Å². The maximum Gasteiger partial charge on any atom is 0.435 e. The predicted molar refractivity (Wildman–Crippen MR) is 178 cm³/mol. The summed E-state index contributed by atoms with van der Waals surface area (Å²) in [6, 6.07) is 7.36. The quantitative estimate of drug-likeness (QED) is 0.268. The molecule has 5 rings (SSSR count). The summed E-state index contributed by atoms with van der Waals surface area (Å²) in [7, 11) is 0.726. The smallest absolute Gasteiger partial charge is 0.435 e. The Bertz CT molecular complexity index is 1760. The minimum Gasteiger partial charge on any atom is -0.445 e. The Labute approximate surface area is 283 Å². The lowest BCUT2D eigenvalue weighted by Crippen LogP contribution is -2.44. The first-order valence-corrected chi connectivity index (χ1v) is 17.2. The van der Waals surface area contributed by atoms with E-state index in [1.807, 2.05) is 19.1 Å². The summed E-state index contributed by atoms with van der Waals surface area (Å²) < 4.78 is 72.5. The molecule has 17 heteroatoms. The van der Waals surface area contributed by atoms with Crippen molar-refractivity contribution in [1.82, 2.24) is 19.0 Å². The maximum absolute atomic E-state index is 14.0. The van der Waals surface area contributed by atoms with Gasteiger partial charge in [0.05, 0.1) is 29.4 Å². The van der Waals surface area contributed by atoms with E-state index in [1.54, 1.807) is 13.2 Å². The van der Waals surface area contributed by atoms with Crippen LogP contribution >= 0.6 is 0 Å². The fraction of sp³-hybridized carbons (Fsp3) is 0.469. The number of anilines is 3. The summed E-state index contributed by atoms with van der Waals surface area (Å²) in [6.45, 7) is 5.33. The number of nitrogens with zero attached hydrogens (tertiary/aromatic N) is 5. The van der Waals surface area contributed by atoms with Gasteiger partial charge in [-0.3, -0.25) is 4.79 Å². The molecule has 0 saturated carbocycles. The van der Waals surface area contributed by atoms with Gasteiger partial charge in [0.25, 0.3) is 5.91 Å². The number of hydrogen-bond donors (Lipinski definition) is 2. The monoisotopic (exact) mass is 705 g/mol. The third-order valence-electron chi connectivity index (χ3n) is 8.35. The Kier molecular flexibility index (Phi) is 11.5. The van der Waals surface area contributed by atoms with Crippen LogP contribution in [0.15, 0.2) is 41.3 Å². The molecule has 0 bridgehead atoms. The fourth-order valence-corrected chi connectivity index (χ4v) is 7.25. The molecule has 1 atom stereocenters. The number of carbonyl (C=O) groups excluding carboxylic acids is 2. The molecule has 0 aliphatic carbocycles. The molecule has 14 nitrogen and oxygen atoms in total. The Hall–Kier alpha value is -4.16. The van der Waals surface area contributed by atoms with Crippen LogP contribution in [-0.2, 0) is 37.2 Å². The van der Waals surface area contributed by atoms with Gasteiger partial charge in [0.1, 0.15) is 18.2 Å². The van der Waals surface area contributed by atoms with Crippen molar-refractivity contribution >= 4 is 39.2 Å². The van der Waals surface area contributed by atoms with Gasteiger partial charge in [0.2, 0.25) is 10.0 Å². The minimum atomic E-state index is -4.38. The molecule has 2 aliphatic rings. The SMILES string of the molecule is COCCOC(=O)n1nc(NC(=O)c2ccc(N3CCN(C)CC3)cc2N[C@@H](C)COC)c2c1CCN(S(=O)(=O)c1cc(F)cc(F)c1)C2. The lowest BCUT2D eigenvalue weighted by atomic mass is 10.1.